The van der Waals surface area contributed by atoms with Crippen molar-refractivity contribution in [3.05, 3.63) is 35.7 Å². The number of rotatable bonds is 5. The molecule has 0 bridgehead atoms. The van der Waals surface area contributed by atoms with Crippen molar-refractivity contribution >= 4 is 17.7 Å². The summed E-state index contributed by atoms with van der Waals surface area (Å²) in [6, 6.07) is 7.56. The van der Waals surface area contributed by atoms with Gasteiger partial charge in [0.1, 0.15) is 0 Å². The van der Waals surface area contributed by atoms with E-state index in [9.17, 15) is 4.79 Å². The number of aryl methyl sites for hydroxylation is 1. The molecule has 0 saturated carbocycles. The minimum atomic E-state index is -0.311. The number of amides is 2. The van der Waals surface area contributed by atoms with Gasteiger partial charge in [0.15, 0.2) is 5.82 Å². The molecule has 0 radical (unpaired) electrons. The zero-order valence-corrected chi connectivity index (χ0v) is 15.2. The lowest BCUT2D eigenvalue weighted by molar-refractivity contribution is 0.251. The van der Waals surface area contributed by atoms with Crippen LogP contribution in [0.5, 0.6) is 6.01 Å². The predicted molar refractivity (Wildman–Crippen MR) is 99.5 cm³/mol. The summed E-state index contributed by atoms with van der Waals surface area (Å²) in [4.78, 5) is 27.3. The van der Waals surface area contributed by atoms with Crippen LogP contribution in [0.25, 0.3) is 0 Å². The molecule has 1 fully saturated rings. The number of hydrogen-bond donors (Lipinski definition) is 2. The average molecular weight is 356 g/mol. The maximum Gasteiger partial charge on any atom is 0.321 e. The molecule has 0 atom stereocenters. The van der Waals surface area contributed by atoms with Crippen molar-refractivity contribution in [2.45, 2.75) is 32.7 Å². The molecule has 0 spiro atoms. The number of nitrogens with one attached hydrogen (secondary N) is 2. The fourth-order valence-corrected chi connectivity index (χ4v) is 2.85. The molecule has 2 aromatic rings. The van der Waals surface area contributed by atoms with Crippen LogP contribution in [0, 0.1) is 6.92 Å². The largest absolute Gasteiger partial charge is 0.467 e. The SMILES string of the molecule is COc1nc(CNC(=O)Nc2cccc(C)c2)nc(N2CCCCC2)n1. The van der Waals surface area contributed by atoms with Gasteiger partial charge in [0.2, 0.25) is 5.95 Å². The monoisotopic (exact) mass is 356 g/mol. The van der Waals surface area contributed by atoms with Gasteiger partial charge in [-0.05, 0) is 43.9 Å². The molecule has 0 unspecified atom stereocenters. The highest BCUT2D eigenvalue weighted by Gasteiger charge is 2.16. The van der Waals surface area contributed by atoms with E-state index in [4.69, 9.17) is 4.74 Å². The summed E-state index contributed by atoms with van der Waals surface area (Å²) in [5.74, 6) is 1.07. The Morgan fingerprint density at radius 3 is 2.73 bits per heavy atom. The molecule has 3 rings (SSSR count). The highest BCUT2D eigenvalue weighted by molar-refractivity contribution is 5.89. The first-order chi connectivity index (χ1) is 12.6. The second kappa shape index (κ2) is 8.46. The topological polar surface area (TPSA) is 92.3 Å². The maximum atomic E-state index is 12.1. The number of urea groups is 1. The van der Waals surface area contributed by atoms with Gasteiger partial charge in [0.25, 0.3) is 0 Å². The van der Waals surface area contributed by atoms with Crippen LogP contribution in [0.15, 0.2) is 24.3 Å². The minimum Gasteiger partial charge on any atom is -0.467 e. The van der Waals surface area contributed by atoms with Crippen molar-refractivity contribution in [2.24, 2.45) is 0 Å². The van der Waals surface area contributed by atoms with Crippen LogP contribution in [0.2, 0.25) is 0 Å². The molecule has 8 nitrogen and oxygen atoms in total. The molecule has 1 aliphatic heterocycles. The normalized spacial score (nSPS) is 14.0. The van der Waals surface area contributed by atoms with Crippen molar-refractivity contribution in [1.29, 1.82) is 0 Å². The molecule has 1 saturated heterocycles. The number of benzene rings is 1. The fraction of sp³-hybridized carbons (Fsp3) is 0.444. The van der Waals surface area contributed by atoms with Gasteiger partial charge in [-0.2, -0.15) is 15.0 Å². The van der Waals surface area contributed by atoms with Crippen molar-refractivity contribution < 1.29 is 9.53 Å². The fourth-order valence-electron chi connectivity index (χ4n) is 2.85. The van der Waals surface area contributed by atoms with Gasteiger partial charge in [0, 0.05) is 18.8 Å². The standard InChI is InChI=1S/C18H24N6O2/c1-13-7-6-8-14(11-13)20-17(25)19-12-15-21-16(23-18(22-15)26-2)24-9-4-3-5-10-24/h6-8,11H,3-5,9-10,12H2,1-2H3,(H2,19,20,25). The lowest BCUT2D eigenvalue weighted by Gasteiger charge is -2.26. The molecular formula is C18H24N6O2. The van der Waals surface area contributed by atoms with Crippen LogP contribution < -0.4 is 20.3 Å². The van der Waals surface area contributed by atoms with E-state index in [1.54, 1.807) is 0 Å². The number of carbonyl (C=O) groups is 1. The summed E-state index contributed by atoms with van der Waals surface area (Å²) in [5.41, 5.74) is 1.82. The van der Waals surface area contributed by atoms with Crippen molar-refractivity contribution in [1.82, 2.24) is 20.3 Å². The number of hydrogen-bond acceptors (Lipinski definition) is 6. The van der Waals surface area contributed by atoms with E-state index < -0.39 is 0 Å². The lowest BCUT2D eigenvalue weighted by atomic mass is 10.1. The Balaban J connectivity index is 1.63. The molecule has 1 aliphatic rings. The van der Waals surface area contributed by atoms with Gasteiger partial charge >= 0.3 is 12.0 Å². The van der Waals surface area contributed by atoms with Crippen LogP contribution in [-0.2, 0) is 6.54 Å². The Morgan fingerprint density at radius 2 is 2.00 bits per heavy atom. The first-order valence-corrected chi connectivity index (χ1v) is 8.79. The minimum absolute atomic E-state index is 0.192. The summed E-state index contributed by atoms with van der Waals surface area (Å²) in [7, 11) is 1.52. The number of nitrogens with zero attached hydrogens (tertiary/aromatic N) is 4. The van der Waals surface area contributed by atoms with Crippen molar-refractivity contribution in [3.63, 3.8) is 0 Å². The quantitative estimate of drug-likeness (QED) is 0.855. The van der Waals surface area contributed by atoms with E-state index >= 15 is 0 Å². The third-order valence-electron chi connectivity index (χ3n) is 4.15. The second-order valence-corrected chi connectivity index (χ2v) is 6.26. The van der Waals surface area contributed by atoms with E-state index in [2.05, 4.69) is 30.5 Å². The van der Waals surface area contributed by atoms with E-state index in [1.807, 2.05) is 31.2 Å². The molecule has 0 aliphatic carbocycles. The van der Waals surface area contributed by atoms with Crippen LogP contribution in [0.1, 0.15) is 30.7 Å². The Bertz CT molecular complexity index is 761. The zero-order valence-electron chi connectivity index (χ0n) is 15.2. The molecule has 2 amide bonds. The van der Waals surface area contributed by atoms with E-state index in [1.165, 1.54) is 13.5 Å². The molecule has 138 valence electrons. The molecule has 8 heteroatoms. The molecule has 2 N–H and O–H groups in total. The highest BCUT2D eigenvalue weighted by atomic mass is 16.5. The zero-order chi connectivity index (χ0) is 18.4. The Labute approximate surface area is 153 Å². The summed E-state index contributed by atoms with van der Waals surface area (Å²) in [6.07, 6.45) is 3.48. The second-order valence-electron chi connectivity index (χ2n) is 6.26. The van der Waals surface area contributed by atoms with Crippen molar-refractivity contribution in [3.8, 4) is 6.01 Å². The summed E-state index contributed by atoms with van der Waals surface area (Å²) < 4.78 is 5.18. The predicted octanol–water partition coefficient (Wildman–Crippen LogP) is 2.50. The summed E-state index contributed by atoms with van der Waals surface area (Å²) in [5, 5.41) is 5.57. The molecular weight excluding hydrogens is 332 g/mol. The smallest absolute Gasteiger partial charge is 0.321 e. The highest BCUT2D eigenvalue weighted by Crippen LogP contribution is 2.17. The van der Waals surface area contributed by atoms with Gasteiger partial charge in [-0.3, -0.25) is 0 Å². The van der Waals surface area contributed by atoms with E-state index in [-0.39, 0.29) is 18.6 Å². The first-order valence-electron chi connectivity index (χ1n) is 8.79. The summed E-state index contributed by atoms with van der Waals surface area (Å²) >= 11 is 0. The van der Waals surface area contributed by atoms with E-state index in [0.717, 1.165) is 37.2 Å². The van der Waals surface area contributed by atoms with Gasteiger partial charge in [-0.1, -0.05) is 12.1 Å². The third kappa shape index (κ3) is 4.81. The molecule has 2 heterocycles. The summed E-state index contributed by atoms with van der Waals surface area (Å²) in [6.45, 7) is 4.02. The third-order valence-corrected chi connectivity index (χ3v) is 4.15. The van der Waals surface area contributed by atoms with E-state index in [0.29, 0.717) is 11.8 Å². The van der Waals surface area contributed by atoms with Gasteiger partial charge in [-0.25, -0.2) is 4.79 Å². The molecule has 26 heavy (non-hydrogen) atoms. The van der Waals surface area contributed by atoms with Gasteiger partial charge < -0.3 is 20.3 Å². The van der Waals surface area contributed by atoms with Crippen molar-refractivity contribution in [2.75, 3.05) is 30.4 Å². The molecule has 1 aromatic carbocycles. The van der Waals surface area contributed by atoms with Crippen LogP contribution in [0.3, 0.4) is 0 Å². The Morgan fingerprint density at radius 1 is 1.19 bits per heavy atom. The Kier molecular flexibility index (Phi) is 5.83. The Hall–Kier alpha value is -2.90. The number of ether oxygens (including phenoxy) is 1. The number of piperidine rings is 1. The first kappa shape index (κ1) is 17.9. The van der Waals surface area contributed by atoms with Crippen LogP contribution in [0.4, 0.5) is 16.4 Å². The average Bonchev–Trinajstić information content (AvgIpc) is 2.67. The number of methoxy groups -OCH3 is 1. The van der Waals surface area contributed by atoms with Crippen LogP contribution >= 0.6 is 0 Å². The molecule has 1 aromatic heterocycles. The maximum absolute atomic E-state index is 12.1. The van der Waals surface area contributed by atoms with Gasteiger partial charge in [0.05, 0.1) is 13.7 Å². The number of aromatic nitrogens is 3. The number of anilines is 2. The van der Waals surface area contributed by atoms with Crippen LogP contribution in [-0.4, -0.2) is 41.2 Å². The number of carbonyl (C=O) groups excluding carboxylic acids is 1. The lowest BCUT2D eigenvalue weighted by Crippen LogP contribution is -2.32. The van der Waals surface area contributed by atoms with Gasteiger partial charge in [-0.15, -0.1) is 0 Å².